The fraction of sp³-hybridized carbons (Fsp3) is 0.214. The molecule has 0 atom stereocenters. The van der Waals surface area contributed by atoms with Crippen molar-refractivity contribution in [2.75, 3.05) is 14.2 Å². The summed E-state index contributed by atoms with van der Waals surface area (Å²) < 4.78 is 16.9. The van der Waals surface area contributed by atoms with Gasteiger partial charge in [-0.05, 0) is 61.2 Å². The Kier molecular flexibility index (Phi) is 7.20. The van der Waals surface area contributed by atoms with Crippen molar-refractivity contribution in [2.45, 2.75) is 25.7 Å². The third-order valence-corrected chi connectivity index (χ3v) is 5.57. The highest BCUT2D eigenvalue weighted by molar-refractivity contribution is 5.96. The summed E-state index contributed by atoms with van der Waals surface area (Å²) >= 11 is 0. The predicted molar refractivity (Wildman–Crippen MR) is 130 cm³/mol. The number of ketones is 1. The van der Waals surface area contributed by atoms with E-state index in [-0.39, 0.29) is 5.78 Å². The van der Waals surface area contributed by atoms with Gasteiger partial charge in [-0.3, -0.25) is 9.78 Å². The summed E-state index contributed by atoms with van der Waals surface area (Å²) in [5, 5.41) is 0.814. The number of Topliss-reactive ketones (excluding diaryl/α,β-unsaturated/α-hetero) is 1. The molecule has 0 aliphatic rings. The molecule has 0 saturated heterocycles. The van der Waals surface area contributed by atoms with Gasteiger partial charge in [-0.2, -0.15) is 0 Å². The fourth-order valence-electron chi connectivity index (χ4n) is 3.78. The SMILES string of the molecule is COc1cc2nccc(Oc3ccc(C(=O)CCCCc4ccccc4)cc3)c2cc1OC. The van der Waals surface area contributed by atoms with Crippen LogP contribution in [0.1, 0.15) is 35.2 Å². The van der Waals surface area contributed by atoms with Gasteiger partial charge in [0, 0.05) is 29.6 Å². The van der Waals surface area contributed by atoms with Gasteiger partial charge in [0.05, 0.1) is 19.7 Å². The van der Waals surface area contributed by atoms with Gasteiger partial charge in [-0.25, -0.2) is 0 Å². The van der Waals surface area contributed by atoms with Gasteiger partial charge in [0.15, 0.2) is 17.3 Å². The maximum absolute atomic E-state index is 12.6. The van der Waals surface area contributed by atoms with E-state index in [4.69, 9.17) is 14.2 Å². The van der Waals surface area contributed by atoms with Gasteiger partial charge in [-0.15, -0.1) is 0 Å². The molecule has 0 aliphatic heterocycles. The summed E-state index contributed by atoms with van der Waals surface area (Å²) in [6.45, 7) is 0. The summed E-state index contributed by atoms with van der Waals surface area (Å²) in [5.41, 5.74) is 2.76. The standard InChI is InChI=1S/C28H27NO4/c1-31-27-18-23-24(19-28(27)32-2)29-17-16-26(23)33-22-14-12-21(13-15-22)25(30)11-7-6-10-20-8-4-3-5-9-20/h3-5,8-9,12-19H,6-7,10-11H2,1-2H3. The van der Waals surface area contributed by atoms with Crippen LogP contribution in [-0.2, 0) is 6.42 Å². The molecule has 168 valence electrons. The maximum Gasteiger partial charge on any atom is 0.162 e. The maximum atomic E-state index is 12.6. The van der Waals surface area contributed by atoms with Crippen molar-refractivity contribution in [1.82, 2.24) is 4.98 Å². The molecule has 4 aromatic rings. The molecule has 0 aliphatic carbocycles. The Morgan fingerprint density at radius 3 is 2.27 bits per heavy atom. The number of nitrogens with zero attached hydrogens (tertiary/aromatic N) is 1. The first-order valence-corrected chi connectivity index (χ1v) is 11.0. The highest BCUT2D eigenvalue weighted by atomic mass is 16.5. The minimum absolute atomic E-state index is 0.154. The van der Waals surface area contributed by atoms with Crippen LogP contribution < -0.4 is 14.2 Å². The van der Waals surface area contributed by atoms with E-state index in [0.717, 1.165) is 30.2 Å². The predicted octanol–water partition coefficient (Wildman–Crippen LogP) is 6.64. The number of rotatable bonds is 10. The molecule has 4 rings (SSSR count). The van der Waals surface area contributed by atoms with E-state index in [2.05, 4.69) is 17.1 Å². The lowest BCUT2D eigenvalue weighted by molar-refractivity contribution is 0.0979. The molecule has 0 radical (unpaired) electrons. The Morgan fingerprint density at radius 1 is 0.818 bits per heavy atom. The number of pyridine rings is 1. The highest BCUT2D eigenvalue weighted by Crippen LogP contribution is 2.36. The second kappa shape index (κ2) is 10.6. The first kappa shape index (κ1) is 22.3. The van der Waals surface area contributed by atoms with Crippen LogP contribution in [0.2, 0.25) is 0 Å². The summed E-state index contributed by atoms with van der Waals surface area (Å²) in [6, 6.07) is 23.1. The molecule has 3 aromatic carbocycles. The molecule has 0 spiro atoms. The van der Waals surface area contributed by atoms with Crippen LogP contribution in [0.5, 0.6) is 23.0 Å². The van der Waals surface area contributed by atoms with Gasteiger partial charge < -0.3 is 14.2 Å². The number of ether oxygens (including phenoxy) is 3. The second-order valence-corrected chi connectivity index (χ2v) is 7.78. The lowest BCUT2D eigenvalue weighted by Crippen LogP contribution is -1.99. The highest BCUT2D eigenvalue weighted by Gasteiger charge is 2.12. The van der Waals surface area contributed by atoms with E-state index in [1.54, 1.807) is 26.5 Å². The molecule has 5 heteroatoms. The van der Waals surface area contributed by atoms with E-state index < -0.39 is 0 Å². The number of hydrogen-bond donors (Lipinski definition) is 0. The minimum Gasteiger partial charge on any atom is -0.493 e. The molecule has 0 N–H and O–H groups in total. The zero-order chi connectivity index (χ0) is 23.0. The van der Waals surface area contributed by atoms with E-state index in [0.29, 0.717) is 35.0 Å². The van der Waals surface area contributed by atoms with Crippen LogP contribution in [0, 0.1) is 0 Å². The topological polar surface area (TPSA) is 57.7 Å². The molecule has 0 bridgehead atoms. The molecule has 5 nitrogen and oxygen atoms in total. The normalized spacial score (nSPS) is 10.7. The van der Waals surface area contributed by atoms with Crippen LogP contribution in [0.25, 0.3) is 10.9 Å². The summed E-state index contributed by atoms with van der Waals surface area (Å²) in [4.78, 5) is 17.0. The van der Waals surface area contributed by atoms with Crippen molar-refractivity contribution in [3.8, 4) is 23.0 Å². The Labute approximate surface area is 194 Å². The zero-order valence-corrected chi connectivity index (χ0v) is 18.9. The largest absolute Gasteiger partial charge is 0.493 e. The lowest BCUT2D eigenvalue weighted by atomic mass is 10.0. The van der Waals surface area contributed by atoms with Crippen molar-refractivity contribution in [3.63, 3.8) is 0 Å². The third-order valence-electron chi connectivity index (χ3n) is 5.57. The Morgan fingerprint density at radius 2 is 1.55 bits per heavy atom. The van der Waals surface area contributed by atoms with Crippen LogP contribution in [-0.4, -0.2) is 25.0 Å². The third kappa shape index (κ3) is 5.50. The Balaban J connectivity index is 1.39. The van der Waals surface area contributed by atoms with Gasteiger partial charge >= 0.3 is 0 Å². The van der Waals surface area contributed by atoms with Crippen molar-refractivity contribution in [3.05, 3.63) is 90.1 Å². The number of fused-ring (bicyclic) bond motifs is 1. The first-order chi connectivity index (χ1) is 16.2. The van der Waals surface area contributed by atoms with Crippen LogP contribution in [0.4, 0.5) is 0 Å². The van der Waals surface area contributed by atoms with Crippen LogP contribution in [0.3, 0.4) is 0 Å². The average molecular weight is 442 g/mol. The number of benzene rings is 3. The van der Waals surface area contributed by atoms with E-state index in [1.807, 2.05) is 54.6 Å². The molecular weight excluding hydrogens is 414 g/mol. The smallest absolute Gasteiger partial charge is 0.162 e. The summed E-state index contributed by atoms with van der Waals surface area (Å²) in [6.07, 6.45) is 5.11. The van der Waals surface area contributed by atoms with E-state index in [9.17, 15) is 4.79 Å². The molecule has 0 saturated carbocycles. The number of aromatic nitrogens is 1. The number of aryl methyl sites for hydroxylation is 1. The first-order valence-electron chi connectivity index (χ1n) is 11.0. The average Bonchev–Trinajstić information content (AvgIpc) is 2.87. The number of methoxy groups -OCH3 is 2. The quantitative estimate of drug-likeness (QED) is 0.204. The van der Waals surface area contributed by atoms with Gasteiger partial charge in [0.2, 0.25) is 0 Å². The molecule has 0 unspecified atom stereocenters. The van der Waals surface area contributed by atoms with Gasteiger partial charge in [0.1, 0.15) is 11.5 Å². The zero-order valence-electron chi connectivity index (χ0n) is 18.9. The van der Waals surface area contributed by atoms with Crippen molar-refractivity contribution in [1.29, 1.82) is 0 Å². The Hall–Kier alpha value is -3.86. The van der Waals surface area contributed by atoms with Crippen molar-refractivity contribution in [2.24, 2.45) is 0 Å². The number of carbonyl (C=O) groups excluding carboxylic acids is 1. The summed E-state index contributed by atoms with van der Waals surface area (Å²) in [7, 11) is 3.19. The van der Waals surface area contributed by atoms with Crippen LogP contribution in [0.15, 0.2) is 79.0 Å². The van der Waals surface area contributed by atoms with Crippen LogP contribution >= 0.6 is 0 Å². The second-order valence-electron chi connectivity index (χ2n) is 7.78. The van der Waals surface area contributed by atoms with Crippen molar-refractivity contribution < 1.29 is 19.0 Å². The number of hydrogen-bond acceptors (Lipinski definition) is 5. The molecular formula is C28H27NO4. The molecule has 1 aromatic heterocycles. The fourth-order valence-corrected chi connectivity index (χ4v) is 3.78. The molecule has 0 fully saturated rings. The lowest BCUT2D eigenvalue weighted by Gasteiger charge is -2.12. The molecule has 1 heterocycles. The van der Waals surface area contributed by atoms with Gasteiger partial charge in [0.25, 0.3) is 0 Å². The monoisotopic (exact) mass is 441 g/mol. The number of unbranched alkanes of at least 4 members (excludes halogenated alkanes) is 1. The summed E-state index contributed by atoms with van der Waals surface area (Å²) in [5.74, 6) is 2.68. The van der Waals surface area contributed by atoms with Crippen molar-refractivity contribution >= 4 is 16.7 Å². The van der Waals surface area contributed by atoms with Gasteiger partial charge in [-0.1, -0.05) is 30.3 Å². The van der Waals surface area contributed by atoms with E-state index >= 15 is 0 Å². The van der Waals surface area contributed by atoms with E-state index in [1.165, 1.54) is 5.56 Å². The Bertz CT molecular complexity index is 1220. The molecule has 0 amide bonds. The molecule has 33 heavy (non-hydrogen) atoms. The number of carbonyl (C=O) groups is 1. The minimum atomic E-state index is 0.154.